The van der Waals surface area contributed by atoms with Crippen LogP contribution in [0.5, 0.6) is 5.75 Å². The molecule has 10 aromatic heterocycles. The number of hydrogen-bond donors (Lipinski definition) is 8. The van der Waals surface area contributed by atoms with Crippen molar-refractivity contribution >= 4 is 148 Å². The van der Waals surface area contributed by atoms with Crippen LogP contribution < -0.4 is 48.3 Å². The van der Waals surface area contributed by atoms with E-state index in [9.17, 15) is 28.8 Å². The number of hydrogen-bond acceptors (Lipinski definition) is 26. The Labute approximate surface area is 820 Å². The number of hydrazine groups is 1. The highest BCUT2D eigenvalue weighted by Crippen LogP contribution is 2.28. The SMILES string of the molecule is CC(C)(C)OC(=O)CN.CC(C)(C)OC(=O)CNC(=O)CCc1ccccc1.Cn1cc(-c2cnc3ccc(NC(=S)NCC(=O)CCc4ccccc4)nc3c2)cn1.Cn1cc(-c2cnc3ccc(NC(=S)Oc4ccccc4)nc3c2)cn1.Cn1cc(-c2cnc3ccc(Nc4nnc(CCc5ccccc5)s4)nc3c2)cn1.NNC(=O)CCc1ccccc1.O=C(Cl)CCc1ccccc1. The number of thiocarbonyl (C=S) groups is 2. The lowest BCUT2D eigenvalue weighted by Gasteiger charge is -2.19. The molecule has 0 saturated carbocycles. The summed E-state index contributed by atoms with van der Waals surface area (Å²) in [6.07, 6.45) is 23.1. The lowest BCUT2D eigenvalue weighted by atomic mass is 10.1. The van der Waals surface area contributed by atoms with Gasteiger partial charge in [0.2, 0.25) is 22.2 Å². The zero-order valence-corrected chi connectivity index (χ0v) is 81.3. The molecule has 138 heavy (non-hydrogen) atoms. The van der Waals surface area contributed by atoms with Crippen LogP contribution in [0, 0.1) is 0 Å². The number of amides is 2. The third-order valence-corrected chi connectivity index (χ3v) is 20.8. The number of nitrogens with two attached hydrogens (primary N) is 2. The van der Waals surface area contributed by atoms with Crippen LogP contribution >= 0.6 is 47.4 Å². The second-order valence-corrected chi connectivity index (χ2v) is 35.2. The molecule has 0 aliphatic carbocycles. The zero-order chi connectivity index (χ0) is 98.6. The molecule has 0 spiro atoms. The van der Waals surface area contributed by atoms with Gasteiger partial charge in [0.25, 0.3) is 5.17 Å². The number of ether oxygens (including phenoxy) is 3. The first-order valence-corrected chi connectivity index (χ1v) is 46.2. The number of anilines is 4. The smallest absolute Gasteiger partial charge is 0.325 e. The van der Waals surface area contributed by atoms with Crippen molar-refractivity contribution in [1.29, 1.82) is 0 Å². The molecule has 0 radical (unpaired) electrons. The highest BCUT2D eigenvalue weighted by Gasteiger charge is 2.19. The molecular weight excluding hydrogens is 1820 g/mol. The second kappa shape index (κ2) is 54.4. The van der Waals surface area contributed by atoms with E-state index in [4.69, 9.17) is 66.8 Å². The Kier molecular flexibility index (Phi) is 41.3. The third-order valence-electron chi connectivity index (χ3n) is 19.3. The monoisotopic (exact) mass is 1930 g/mol. The average Bonchev–Trinajstić information content (AvgIpc) is 1.49. The van der Waals surface area contributed by atoms with Gasteiger partial charge in [0.05, 0.1) is 64.8 Å². The fraction of sp³-hybridized carbons (Fsp3) is 0.233. The maximum atomic E-state index is 12.1. The summed E-state index contributed by atoms with van der Waals surface area (Å²) >= 11 is 17.3. The van der Waals surface area contributed by atoms with Crippen molar-refractivity contribution in [2.24, 2.45) is 32.7 Å². The molecule has 712 valence electrons. The summed E-state index contributed by atoms with van der Waals surface area (Å²) in [7, 11) is 5.65. The zero-order valence-electron chi connectivity index (χ0n) is 78.1. The van der Waals surface area contributed by atoms with Gasteiger partial charge >= 0.3 is 11.9 Å². The summed E-state index contributed by atoms with van der Waals surface area (Å²) < 4.78 is 20.8. The Balaban J connectivity index is 0.000000173. The van der Waals surface area contributed by atoms with Crippen LogP contribution in [0.1, 0.15) is 100 Å². The quantitative estimate of drug-likeness (QED) is 0.00564. The number of aryl methyl sites for hydroxylation is 9. The van der Waals surface area contributed by atoms with Crippen LogP contribution in [-0.2, 0) is 97.9 Å². The molecule has 16 rings (SSSR count). The molecule has 0 unspecified atom stereocenters. The van der Waals surface area contributed by atoms with Gasteiger partial charge in [0.1, 0.15) is 46.0 Å². The van der Waals surface area contributed by atoms with Crippen molar-refractivity contribution in [3.05, 3.63) is 325 Å². The number of benzene rings is 6. The molecule has 0 bridgehead atoms. The number of Topliss-reactive ketones (excluding diaryl/α,β-unsaturated/α-hetero) is 1. The van der Waals surface area contributed by atoms with Crippen LogP contribution in [0.3, 0.4) is 0 Å². The second-order valence-electron chi connectivity index (χ2n) is 32.9. The van der Waals surface area contributed by atoms with Gasteiger partial charge in [-0.25, -0.2) is 20.8 Å². The molecule has 0 aliphatic rings. The minimum atomic E-state index is -0.522. The van der Waals surface area contributed by atoms with Gasteiger partial charge in [-0.05, 0) is 204 Å². The van der Waals surface area contributed by atoms with E-state index in [2.05, 4.69) is 107 Å². The van der Waals surface area contributed by atoms with Crippen molar-refractivity contribution in [2.45, 2.75) is 117 Å². The molecule has 10 heterocycles. The van der Waals surface area contributed by atoms with Gasteiger partial charge < -0.3 is 46.5 Å². The highest BCUT2D eigenvalue weighted by atomic mass is 35.5. The van der Waals surface area contributed by atoms with Gasteiger partial charge in [-0.3, -0.25) is 63.2 Å². The standard InChI is InChI=1S/C23H22N6OS.C22H19N7S.C19H15N5OS.C15H21NO3.C9H9ClO.C9H12N2O.C6H13NO2/c1-29-15-18(13-26-29)17-11-21-20(24-12-17)9-10-22(27-21)28-23(31)25-14-19(30)8-7-16-5-3-2-4-6-16;1-29-14-17(13-24-29)16-11-19-18(23-12-16)8-9-20(25-19)26-22-28-27-21(30-22)10-7-15-5-3-2-4-6-15;1-24-12-14(11-21-24)13-9-17-16(20-10-13)7-8-18(22-17)23-19(26)25-15-5-3-2-4-6-15;1-15(2,3)19-14(18)11-16-13(17)10-9-12-7-5-4-6-8-12;10-9(11)7-6-8-4-2-1-3-5-8;10-11-9(12)7-6-8-4-2-1-3-5-8;1-6(2,3)9-5(8)4-7/h2-6,9-13,15H,7-8,14H2,1H3,(H2,25,27,28,31);2-6,8-9,11-14H,7,10H2,1H3,(H,25,26,28);2-12H,1H3,(H,22,23,26);4-8H,9-11H2,1-3H3,(H,16,17);1-5H,6-7H2;1-5H,6-7,10H2,(H,11,12);4,7H2,1-3H3. The lowest BCUT2D eigenvalue weighted by Crippen LogP contribution is -2.34. The Bertz CT molecular complexity index is 6610. The number of fused-ring (bicyclic) bond motifs is 3. The highest BCUT2D eigenvalue weighted by molar-refractivity contribution is 7.80. The molecule has 0 saturated heterocycles. The van der Waals surface area contributed by atoms with E-state index in [1.807, 2.05) is 271 Å². The number of carbonyl (C=O) groups excluding carboxylic acids is 6. The van der Waals surface area contributed by atoms with E-state index >= 15 is 0 Å². The number of ketones is 1. The van der Waals surface area contributed by atoms with Crippen LogP contribution in [0.4, 0.5) is 22.6 Å². The van der Waals surface area contributed by atoms with Gasteiger partial charge in [0, 0.05) is 124 Å². The maximum absolute atomic E-state index is 12.1. The lowest BCUT2D eigenvalue weighted by molar-refractivity contribution is -0.155. The van der Waals surface area contributed by atoms with Crippen molar-refractivity contribution < 1.29 is 43.0 Å². The predicted octanol–water partition coefficient (Wildman–Crippen LogP) is 17.1. The van der Waals surface area contributed by atoms with Crippen molar-refractivity contribution in [1.82, 2.24) is 85.5 Å². The maximum Gasteiger partial charge on any atom is 0.325 e. The molecule has 6 aromatic carbocycles. The molecule has 31 nitrogen and oxygen atoms in total. The summed E-state index contributed by atoms with van der Waals surface area (Å²) in [5.41, 5.74) is 22.7. The number of esters is 2. The van der Waals surface area contributed by atoms with Gasteiger partial charge in [-0.15, -0.1) is 10.2 Å². The molecule has 2 amide bonds. The van der Waals surface area contributed by atoms with Crippen LogP contribution in [-0.4, -0.2) is 145 Å². The molecular formula is C103H111ClN22O9S3. The number of rotatable bonds is 28. The van der Waals surface area contributed by atoms with Crippen LogP contribution in [0.15, 0.2) is 292 Å². The summed E-state index contributed by atoms with van der Waals surface area (Å²) in [6, 6.07) is 76.4. The van der Waals surface area contributed by atoms with E-state index in [1.54, 1.807) is 85.5 Å². The Morgan fingerprint density at radius 3 is 1.20 bits per heavy atom. The molecule has 0 aliphatic heterocycles. The number of carbonyl (C=O) groups is 6. The molecule has 16 aromatic rings. The largest absolute Gasteiger partial charge is 0.459 e. The summed E-state index contributed by atoms with van der Waals surface area (Å²) in [5.74, 6) is 6.58. The molecule has 0 fully saturated rings. The summed E-state index contributed by atoms with van der Waals surface area (Å²) in [6.45, 7) is 10.9. The van der Waals surface area contributed by atoms with Gasteiger partial charge in [0.15, 0.2) is 10.9 Å². The normalized spacial score (nSPS) is 10.6. The molecule has 0 atom stereocenters. The number of nitrogens with zero attached hydrogens (tertiary/aromatic N) is 14. The van der Waals surface area contributed by atoms with Gasteiger partial charge in [-0.1, -0.05) is 181 Å². The first kappa shape index (κ1) is 105. The Morgan fingerprint density at radius 1 is 0.413 bits per heavy atom. The van der Waals surface area contributed by atoms with Crippen LogP contribution in [0.2, 0.25) is 0 Å². The van der Waals surface area contributed by atoms with E-state index in [-0.39, 0.29) is 53.6 Å². The fourth-order valence-corrected chi connectivity index (χ4v) is 13.9. The van der Waals surface area contributed by atoms with Crippen molar-refractivity contribution in [3.63, 3.8) is 0 Å². The number of halogens is 1. The van der Waals surface area contributed by atoms with Gasteiger partial charge in [-0.2, -0.15) is 15.3 Å². The Hall–Kier alpha value is -15.2. The minimum absolute atomic E-state index is 0.0444. The first-order chi connectivity index (χ1) is 66.4. The first-order valence-electron chi connectivity index (χ1n) is 44.2. The van der Waals surface area contributed by atoms with Crippen LogP contribution in [0.25, 0.3) is 66.5 Å². The van der Waals surface area contributed by atoms with E-state index in [1.165, 1.54) is 5.56 Å². The number of nitrogens with one attached hydrogen (secondary N) is 6. The van der Waals surface area contributed by atoms with Crippen molar-refractivity contribution in [2.75, 3.05) is 35.6 Å². The number of aromatic nitrogens is 14. The molecule has 10 N–H and O–H groups in total. The van der Waals surface area contributed by atoms with E-state index in [0.29, 0.717) is 54.6 Å². The van der Waals surface area contributed by atoms with E-state index < -0.39 is 17.2 Å². The summed E-state index contributed by atoms with van der Waals surface area (Å²) in [4.78, 5) is 94.1. The minimum Gasteiger partial charge on any atom is -0.459 e. The fourth-order valence-electron chi connectivity index (χ4n) is 12.7. The Morgan fingerprint density at radius 2 is 0.797 bits per heavy atom. The number of pyridine rings is 6. The topological polar surface area (TPSA) is 411 Å². The predicted molar refractivity (Wildman–Crippen MR) is 551 cm³/mol. The third kappa shape index (κ3) is 38.6. The summed E-state index contributed by atoms with van der Waals surface area (Å²) in [5, 5.41) is 38.1. The average molecular weight is 1930 g/mol. The molecule has 35 heteroatoms. The van der Waals surface area contributed by atoms with Crippen molar-refractivity contribution in [3.8, 4) is 39.1 Å². The number of para-hydroxylation sites is 1. The van der Waals surface area contributed by atoms with E-state index in [0.717, 1.165) is 137 Å².